The topological polar surface area (TPSA) is 18.5 Å². The third-order valence-electron chi connectivity index (χ3n) is 3.81. The third kappa shape index (κ3) is 1.71. The summed E-state index contributed by atoms with van der Waals surface area (Å²) in [6, 6.07) is 18.4. The summed E-state index contributed by atoms with van der Waals surface area (Å²) in [5.41, 5.74) is 0. The van der Waals surface area contributed by atoms with Gasteiger partial charge in [-0.1, -0.05) is 24.3 Å². The smallest absolute Gasteiger partial charge is 0.184 e. The summed E-state index contributed by atoms with van der Waals surface area (Å²) in [6.07, 6.45) is 0. The van der Waals surface area contributed by atoms with Crippen LogP contribution in [0.3, 0.4) is 0 Å². The predicted octanol–water partition coefficient (Wildman–Crippen LogP) is 6.72. The van der Waals surface area contributed by atoms with Crippen LogP contribution in [0.15, 0.2) is 59.1 Å². The van der Waals surface area contributed by atoms with Crippen molar-refractivity contribution in [2.45, 2.75) is 0 Å². The van der Waals surface area contributed by atoms with Crippen LogP contribution in [0.5, 0.6) is 23.0 Å². The number of fused-ring (bicyclic) bond motifs is 5. The normalized spacial score (nSPS) is 12.6. The van der Waals surface area contributed by atoms with Crippen molar-refractivity contribution in [2.75, 3.05) is 0 Å². The average Bonchev–Trinajstić information content (AvgIpc) is 2.89. The van der Waals surface area contributed by atoms with Crippen LogP contribution in [0.4, 0.5) is 0 Å². The Hall–Kier alpha value is -2.04. The van der Waals surface area contributed by atoms with Gasteiger partial charge in [-0.2, -0.15) is 0 Å². The highest BCUT2D eigenvalue weighted by atomic mass is 79.9. The maximum Gasteiger partial charge on any atom is 0.184 e. The summed E-state index contributed by atoms with van der Waals surface area (Å²) in [6.45, 7) is 0. The van der Waals surface area contributed by atoms with Crippen LogP contribution in [0, 0.1) is 0 Å². The van der Waals surface area contributed by atoms with Gasteiger partial charge < -0.3 is 9.47 Å². The van der Waals surface area contributed by atoms with Gasteiger partial charge >= 0.3 is 0 Å². The van der Waals surface area contributed by atoms with Gasteiger partial charge in [0.15, 0.2) is 23.0 Å². The van der Waals surface area contributed by atoms with Crippen molar-refractivity contribution in [3.05, 3.63) is 59.1 Å². The van der Waals surface area contributed by atoms with Gasteiger partial charge in [-0.25, -0.2) is 0 Å². The summed E-state index contributed by atoms with van der Waals surface area (Å²) >= 11 is 5.28. The van der Waals surface area contributed by atoms with Crippen LogP contribution in [0.2, 0.25) is 0 Å². The quantitative estimate of drug-likeness (QED) is 0.302. The molecule has 0 spiro atoms. The molecule has 22 heavy (non-hydrogen) atoms. The molecule has 4 aromatic rings. The molecule has 0 saturated carbocycles. The lowest BCUT2D eigenvalue weighted by Crippen LogP contribution is -1.99. The molecule has 0 amide bonds. The third-order valence-corrected chi connectivity index (χ3v) is 5.56. The molecular weight excluding hydrogens is 360 g/mol. The van der Waals surface area contributed by atoms with Gasteiger partial charge in [-0.3, -0.25) is 0 Å². The van der Waals surface area contributed by atoms with Crippen molar-refractivity contribution >= 4 is 47.4 Å². The first-order chi connectivity index (χ1) is 10.8. The lowest BCUT2D eigenvalue weighted by molar-refractivity contribution is 0.358. The van der Waals surface area contributed by atoms with E-state index in [4.69, 9.17) is 9.47 Å². The molecule has 1 aliphatic heterocycles. The van der Waals surface area contributed by atoms with Gasteiger partial charge in [0, 0.05) is 26.2 Å². The lowest BCUT2D eigenvalue weighted by Gasteiger charge is -2.21. The first-order valence-electron chi connectivity index (χ1n) is 6.89. The zero-order valence-corrected chi connectivity index (χ0v) is 13.7. The van der Waals surface area contributed by atoms with E-state index in [0.29, 0.717) is 0 Å². The summed E-state index contributed by atoms with van der Waals surface area (Å²) in [7, 11) is 0. The second-order valence-electron chi connectivity index (χ2n) is 5.16. The number of ether oxygens (including phenoxy) is 2. The van der Waals surface area contributed by atoms with Gasteiger partial charge in [-0.15, -0.1) is 11.3 Å². The fraction of sp³-hybridized carbons (Fsp3) is 0. The molecule has 0 saturated heterocycles. The number of rotatable bonds is 0. The fourth-order valence-electron chi connectivity index (χ4n) is 2.79. The van der Waals surface area contributed by atoms with Crippen molar-refractivity contribution in [2.24, 2.45) is 0 Å². The Kier molecular flexibility index (Phi) is 2.54. The lowest BCUT2D eigenvalue weighted by atomic mass is 10.1. The van der Waals surface area contributed by atoms with E-state index >= 15 is 0 Å². The van der Waals surface area contributed by atoms with Gasteiger partial charge in [0.25, 0.3) is 0 Å². The van der Waals surface area contributed by atoms with E-state index in [2.05, 4.69) is 52.3 Å². The molecule has 0 radical (unpaired) electrons. The second kappa shape index (κ2) is 4.48. The number of thiophene rings is 1. The standard InChI is InChI=1S/C18H9BrO2S/c19-12-5-3-6-13-18(12)21-15-9-17-11(8-14(15)20-13)10-4-1-2-7-16(10)22-17/h1-9H. The van der Waals surface area contributed by atoms with Crippen molar-refractivity contribution in [1.29, 1.82) is 0 Å². The van der Waals surface area contributed by atoms with Gasteiger partial charge in [0.05, 0.1) is 4.47 Å². The average molecular weight is 369 g/mol. The Morgan fingerprint density at radius 1 is 0.727 bits per heavy atom. The van der Waals surface area contributed by atoms with Gasteiger partial charge in [-0.05, 0) is 40.2 Å². The Morgan fingerprint density at radius 2 is 1.59 bits per heavy atom. The molecule has 0 fully saturated rings. The fourth-order valence-corrected chi connectivity index (χ4v) is 4.33. The van der Waals surface area contributed by atoms with E-state index in [0.717, 1.165) is 27.5 Å². The second-order valence-corrected chi connectivity index (χ2v) is 7.10. The summed E-state index contributed by atoms with van der Waals surface area (Å²) in [4.78, 5) is 0. The molecule has 0 unspecified atom stereocenters. The molecule has 0 aliphatic carbocycles. The van der Waals surface area contributed by atoms with Crippen LogP contribution in [-0.2, 0) is 0 Å². The number of hydrogen-bond acceptors (Lipinski definition) is 3. The summed E-state index contributed by atoms with van der Waals surface area (Å²) < 4.78 is 15.5. The van der Waals surface area contributed by atoms with Crippen molar-refractivity contribution in [3.8, 4) is 23.0 Å². The first-order valence-corrected chi connectivity index (χ1v) is 8.50. The molecule has 1 aliphatic rings. The molecule has 0 N–H and O–H groups in total. The molecular formula is C18H9BrO2S. The molecule has 4 heteroatoms. The van der Waals surface area contributed by atoms with Gasteiger partial charge in [0.2, 0.25) is 0 Å². The molecule has 106 valence electrons. The van der Waals surface area contributed by atoms with E-state index in [1.165, 1.54) is 20.2 Å². The first kappa shape index (κ1) is 12.5. The minimum atomic E-state index is 0.732. The number of halogens is 1. The molecule has 0 bridgehead atoms. The molecule has 1 aromatic heterocycles. The van der Waals surface area contributed by atoms with E-state index in [9.17, 15) is 0 Å². The van der Waals surface area contributed by atoms with Crippen LogP contribution >= 0.6 is 27.3 Å². The number of hydrogen-bond donors (Lipinski definition) is 0. The van der Waals surface area contributed by atoms with Crippen molar-refractivity contribution in [1.82, 2.24) is 0 Å². The molecule has 2 nitrogen and oxygen atoms in total. The summed E-state index contributed by atoms with van der Waals surface area (Å²) in [5, 5.41) is 2.47. The maximum absolute atomic E-state index is 6.05. The minimum absolute atomic E-state index is 0.732. The van der Waals surface area contributed by atoms with Crippen LogP contribution in [-0.4, -0.2) is 0 Å². The van der Waals surface area contributed by atoms with E-state index in [1.807, 2.05) is 18.2 Å². The highest BCUT2D eigenvalue weighted by Crippen LogP contribution is 2.51. The number of para-hydroxylation sites is 1. The zero-order chi connectivity index (χ0) is 14.7. The van der Waals surface area contributed by atoms with E-state index in [1.54, 1.807) is 11.3 Å². The Labute approximate surface area is 139 Å². The highest BCUT2D eigenvalue weighted by Gasteiger charge is 2.22. The Balaban J connectivity index is 1.77. The highest BCUT2D eigenvalue weighted by molar-refractivity contribution is 9.10. The number of benzene rings is 3. The molecule has 3 aromatic carbocycles. The summed E-state index contributed by atoms with van der Waals surface area (Å²) in [5.74, 6) is 3.00. The van der Waals surface area contributed by atoms with Gasteiger partial charge in [0.1, 0.15) is 0 Å². The van der Waals surface area contributed by atoms with Crippen LogP contribution < -0.4 is 9.47 Å². The van der Waals surface area contributed by atoms with E-state index in [-0.39, 0.29) is 0 Å². The maximum atomic E-state index is 6.05. The van der Waals surface area contributed by atoms with Crippen LogP contribution in [0.1, 0.15) is 0 Å². The van der Waals surface area contributed by atoms with E-state index < -0.39 is 0 Å². The predicted molar refractivity (Wildman–Crippen MR) is 93.6 cm³/mol. The molecule has 5 rings (SSSR count). The zero-order valence-electron chi connectivity index (χ0n) is 11.3. The molecule has 0 atom stereocenters. The molecule has 2 heterocycles. The van der Waals surface area contributed by atoms with Crippen molar-refractivity contribution < 1.29 is 9.47 Å². The largest absolute Gasteiger partial charge is 0.449 e. The SMILES string of the molecule is Brc1cccc2c1Oc1cc3sc4ccccc4c3cc1O2. The minimum Gasteiger partial charge on any atom is -0.449 e. The van der Waals surface area contributed by atoms with Crippen molar-refractivity contribution in [3.63, 3.8) is 0 Å². The monoisotopic (exact) mass is 368 g/mol. The Bertz CT molecular complexity index is 1050. The Morgan fingerprint density at radius 3 is 2.55 bits per heavy atom. The van der Waals surface area contributed by atoms with Crippen LogP contribution in [0.25, 0.3) is 20.2 Å².